The predicted octanol–water partition coefficient (Wildman–Crippen LogP) is 1.04. The quantitative estimate of drug-likeness (QED) is 0.904. The second-order valence-corrected chi connectivity index (χ2v) is 7.57. The van der Waals surface area contributed by atoms with Crippen molar-refractivity contribution in [2.75, 3.05) is 6.54 Å². The number of hydrogen-bond acceptors (Lipinski definition) is 4. The SMILES string of the molecule is NC(=O)C1CCCN1S(=O)(=O)c1ccc(Cl)s1. The van der Waals surface area contributed by atoms with E-state index in [4.69, 9.17) is 17.3 Å². The molecule has 1 saturated heterocycles. The molecule has 5 nitrogen and oxygen atoms in total. The van der Waals surface area contributed by atoms with Gasteiger partial charge >= 0.3 is 0 Å². The Labute approximate surface area is 108 Å². The van der Waals surface area contributed by atoms with Crippen LogP contribution in [-0.2, 0) is 14.8 Å². The van der Waals surface area contributed by atoms with E-state index in [2.05, 4.69) is 0 Å². The number of nitrogens with two attached hydrogens (primary N) is 1. The van der Waals surface area contributed by atoms with Crippen LogP contribution in [0.5, 0.6) is 0 Å². The van der Waals surface area contributed by atoms with Crippen LogP contribution in [0.25, 0.3) is 0 Å². The van der Waals surface area contributed by atoms with E-state index in [1.807, 2.05) is 0 Å². The Balaban J connectivity index is 2.36. The zero-order chi connectivity index (χ0) is 12.6. The van der Waals surface area contributed by atoms with Crippen molar-refractivity contribution in [3.63, 3.8) is 0 Å². The highest BCUT2D eigenvalue weighted by Crippen LogP contribution is 2.31. The van der Waals surface area contributed by atoms with Crippen LogP contribution >= 0.6 is 22.9 Å². The van der Waals surface area contributed by atoms with Gasteiger partial charge in [-0.25, -0.2) is 8.42 Å². The van der Waals surface area contributed by atoms with Crippen LogP contribution < -0.4 is 5.73 Å². The minimum absolute atomic E-state index is 0.149. The number of halogens is 1. The summed E-state index contributed by atoms with van der Waals surface area (Å²) in [4.78, 5) is 11.2. The van der Waals surface area contributed by atoms with Gasteiger partial charge in [0.05, 0.1) is 4.34 Å². The molecule has 0 radical (unpaired) electrons. The molecule has 17 heavy (non-hydrogen) atoms. The van der Waals surface area contributed by atoms with Gasteiger partial charge in [-0.2, -0.15) is 4.31 Å². The first-order valence-electron chi connectivity index (χ1n) is 4.99. The van der Waals surface area contributed by atoms with E-state index < -0.39 is 22.0 Å². The molecule has 1 atom stereocenters. The molecule has 0 aliphatic carbocycles. The van der Waals surface area contributed by atoms with Gasteiger partial charge in [0.2, 0.25) is 5.91 Å². The molecule has 1 aromatic heterocycles. The van der Waals surface area contributed by atoms with Crippen LogP contribution in [0.2, 0.25) is 4.34 Å². The van der Waals surface area contributed by atoms with Gasteiger partial charge in [-0.05, 0) is 25.0 Å². The molecule has 1 unspecified atom stereocenters. The summed E-state index contributed by atoms with van der Waals surface area (Å²) in [6.07, 6.45) is 1.12. The van der Waals surface area contributed by atoms with Gasteiger partial charge in [0.15, 0.2) is 0 Å². The minimum Gasteiger partial charge on any atom is -0.368 e. The molecular weight excluding hydrogens is 284 g/mol. The summed E-state index contributed by atoms with van der Waals surface area (Å²) in [7, 11) is -3.65. The molecule has 1 aliphatic heterocycles. The molecule has 94 valence electrons. The number of nitrogens with zero attached hydrogens (tertiary/aromatic N) is 1. The highest BCUT2D eigenvalue weighted by molar-refractivity contribution is 7.91. The zero-order valence-corrected chi connectivity index (χ0v) is 11.2. The zero-order valence-electron chi connectivity index (χ0n) is 8.80. The third-order valence-corrected chi connectivity index (χ3v) is 6.25. The maximum Gasteiger partial charge on any atom is 0.253 e. The summed E-state index contributed by atoms with van der Waals surface area (Å²) >= 11 is 6.69. The molecule has 1 amide bonds. The van der Waals surface area contributed by atoms with Crippen molar-refractivity contribution >= 4 is 38.9 Å². The van der Waals surface area contributed by atoms with E-state index >= 15 is 0 Å². The number of sulfonamides is 1. The fourth-order valence-corrected chi connectivity index (χ4v) is 5.14. The van der Waals surface area contributed by atoms with Gasteiger partial charge in [0.1, 0.15) is 10.3 Å². The molecule has 2 rings (SSSR count). The van der Waals surface area contributed by atoms with Crippen LogP contribution in [-0.4, -0.2) is 31.2 Å². The molecule has 2 heterocycles. The maximum atomic E-state index is 12.2. The summed E-state index contributed by atoms with van der Waals surface area (Å²) in [6, 6.07) is 2.23. The summed E-state index contributed by atoms with van der Waals surface area (Å²) in [5.41, 5.74) is 5.20. The molecule has 8 heteroatoms. The fraction of sp³-hybridized carbons (Fsp3) is 0.444. The van der Waals surface area contributed by atoms with Gasteiger partial charge in [-0.15, -0.1) is 11.3 Å². The Morgan fingerprint density at radius 3 is 2.76 bits per heavy atom. The number of amides is 1. The van der Waals surface area contributed by atoms with Gasteiger partial charge < -0.3 is 5.73 Å². The van der Waals surface area contributed by atoms with Crippen LogP contribution in [0.1, 0.15) is 12.8 Å². The number of hydrogen-bond donors (Lipinski definition) is 1. The van der Waals surface area contributed by atoms with Gasteiger partial charge in [0, 0.05) is 6.54 Å². The minimum atomic E-state index is -3.65. The van der Waals surface area contributed by atoms with Crippen molar-refractivity contribution in [3.8, 4) is 0 Å². The summed E-state index contributed by atoms with van der Waals surface area (Å²) < 4.78 is 26.2. The average Bonchev–Trinajstić information content (AvgIpc) is 2.84. The third-order valence-electron chi connectivity index (χ3n) is 2.64. The normalized spacial score (nSPS) is 21.8. The van der Waals surface area contributed by atoms with Crippen LogP contribution in [0.15, 0.2) is 16.3 Å². The second kappa shape index (κ2) is 4.56. The molecule has 1 fully saturated rings. The lowest BCUT2D eigenvalue weighted by Crippen LogP contribution is -2.43. The Morgan fingerprint density at radius 2 is 2.24 bits per heavy atom. The molecule has 1 aliphatic rings. The van der Waals surface area contributed by atoms with E-state index in [0.29, 0.717) is 23.7 Å². The molecule has 1 aromatic rings. The van der Waals surface area contributed by atoms with Crippen molar-refractivity contribution in [1.29, 1.82) is 0 Å². The lowest BCUT2D eigenvalue weighted by atomic mass is 10.2. The van der Waals surface area contributed by atoms with Crippen LogP contribution in [0.4, 0.5) is 0 Å². The summed E-state index contributed by atoms with van der Waals surface area (Å²) in [5, 5.41) is 0. The average molecular weight is 295 g/mol. The second-order valence-electron chi connectivity index (χ2n) is 3.73. The Hall–Kier alpha value is -0.630. The van der Waals surface area contributed by atoms with E-state index in [0.717, 1.165) is 15.6 Å². The monoisotopic (exact) mass is 294 g/mol. The van der Waals surface area contributed by atoms with Crippen LogP contribution in [0, 0.1) is 0 Å². The first-order chi connectivity index (χ1) is 7.93. The molecule has 0 bridgehead atoms. The number of carbonyl (C=O) groups is 1. The third kappa shape index (κ3) is 2.33. The van der Waals surface area contributed by atoms with Crippen molar-refractivity contribution in [1.82, 2.24) is 4.31 Å². The van der Waals surface area contributed by atoms with Gasteiger partial charge in [-0.1, -0.05) is 11.6 Å². The Kier molecular flexibility index (Phi) is 3.44. The van der Waals surface area contributed by atoms with Gasteiger partial charge in [-0.3, -0.25) is 4.79 Å². The van der Waals surface area contributed by atoms with Crippen molar-refractivity contribution in [3.05, 3.63) is 16.5 Å². The Bertz CT molecular complexity index is 540. The molecule has 0 spiro atoms. The number of rotatable bonds is 3. The van der Waals surface area contributed by atoms with Crippen molar-refractivity contribution in [2.45, 2.75) is 23.1 Å². The molecule has 0 aromatic carbocycles. The van der Waals surface area contributed by atoms with Crippen molar-refractivity contribution < 1.29 is 13.2 Å². The first kappa shape index (κ1) is 12.8. The van der Waals surface area contributed by atoms with Crippen LogP contribution in [0.3, 0.4) is 0 Å². The van der Waals surface area contributed by atoms with Crippen molar-refractivity contribution in [2.24, 2.45) is 5.73 Å². The highest BCUT2D eigenvalue weighted by atomic mass is 35.5. The first-order valence-corrected chi connectivity index (χ1v) is 7.63. The standard InChI is InChI=1S/C9H11ClN2O3S2/c10-7-3-4-8(16-7)17(14,15)12-5-1-2-6(12)9(11)13/h3-4,6H,1-2,5H2,(H2,11,13). The number of thiophene rings is 1. The summed E-state index contributed by atoms with van der Waals surface area (Å²) in [6.45, 7) is 0.325. The van der Waals surface area contributed by atoms with Gasteiger partial charge in [0.25, 0.3) is 10.0 Å². The smallest absolute Gasteiger partial charge is 0.253 e. The Morgan fingerprint density at radius 1 is 1.53 bits per heavy atom. The molecule has 2 N–H and O–H groups in total. The number of primary amides is 1. The van der Waals surface area contributed by atoms with E-state index in [-0.39, 0.29) is 4.21 Å². The topological polar surface area (TPSA) is 80.5 Å². The fourth-order valence-electron chi connectivity index (χ4n) is 1.86. The molecular formula is C9H11ClN2O3S2. The number of carbonyl (C=O) groups excluding carboxylic acids is 1. The summed E-state index contributed by atoms with van der Waals surface area (Å²) in [5.74, 6) is -0.603. The lowest BCUT2D eigenvalue weighted by Gasteiger charge is -2.20. The maximum absolute atomic E-state index is 12.2. The van der Waals surface area contributed by atoms with E-state index in [9.17, 15) is 13.2 Å². The molecule has 0 saturated carbocycles. The van der Waals surface area contributed by atoms with E-state index in [1.165, 1.54) is 12.1 Å². The highest BCUT2D eigenvalue weighted by Gasteiger charge is 2.38. The predicted molar refractivity (Wildman–Crippen MR) is 65.4 cm³/mol. The van der Waals surface area contributed by atoms with E-state index in [1.54, 1.807) is 0 Å². The largest absolute Gasteiger partial charge is 0.368 e. The lowest BCUT2D eigenvalue weighted by molar-refractivity contribution is -0.121.